The first-order chi connectivity index (χ1) is 10.1. The average Bonchev–Trinajstić information content (AvgIpc) is 2.94. The van der Waals surface area contributed by atoms with Crippen molar-refractivity contribution in [1.82, 2.24) is 20.2 Å². The molecular formula is C13H17ClN6S. The topological polar surface area (TPSA) is 58.0 Å². The van der Waals surface area contributed by atoms with E-state index >= 15 is 0 Å². The lowest BCUT2D eigenvalue weighted by atomic mass is 10.0. The van der Waals surface area contributed by atoms with Gasteiger partial charge in [0.25, 0.3) is 0 Å². The summed E-state index contributed by atoms with van der Waals surface area (Å²) >= 11 is 7.48. The summed E-state index contributed by atoms with van der Waals surface area (Å²) in [6, 6.07) is 0.441. The number of anilines is 2. The number of hydrogen-bond donors (Lipinski definition) is 0. The molecule has 1 saturated heterocycles. The molecule has 0 aliphatic carbocycles. The van der Waals surface area contributed by atoms with Gasteiger partial charge in [0.1, 0.15) is 5.01 Å². The molecule has 3 rings (SSSR count). The average molecular weight is 325 g/mol. The van der Waals surface area contributed by atoms with Crippen molar-refractivity contribution in [3.05, 3.63) is 22.4 Å². The minimum atomic E-state index is 0.441. The van der Waals surface area contributed by atoms with E-state index in [1.54, 1.807) is 23.7 Å². The van der Waals surface area contributed by atoms with Crippen molar-refractivity contribution in [2.45, 2.75) is 25.8 Å². The van der Waals surface area contributed by atoms with Crippen molar-refractivity contribution in [2.24, 2.45) is 0 Å². The van der Waals surface area contributed by atoms with Crippen LogP contribution in [0.5, 0.6) is 0 Å². The Kier molecular flexibility index (Phi) is 4.21. The number of aromatic nitrogens is 4. The molecule has 2 aromatic heterocycles. The van der Waals surface area contributed by atoms with Crippen LogP contribution in [0.25, 0.3) is 0 Å². The molecule has 0 saturated carbocycles. The summed E-state index contributed by atoms with van der Waals surface area (Å²) in [4.78, 5) is 13.0. The zero-order valence-electron chi connectivity index (χ0n) is 12.0. The van der Waals surface area contributed by atoms with Gasteiger partial charge in [0.05, 0.1) is 17.4 Å². The maximum Gasteiger partial charge on any atom is 0.225 e. The summed E-state index contributed by atoms with van der Waals surface area (Å²) in [5, 5.41) is 10.9. The first-order valence-electron chi connectivity index (χ1n) is 6.89. The van der Waals surface area contributed by atoms with Gasteiger partial charge in [0.2, 0.25) is 11.1 Å². The zero-order valence-corrected chi connectivity index (χ0v) is 13.6. The number of hydrogen-bond acceptors (Lipinski definition) is 7. The molecule has 0 unspecified atom stereocenters. The summed E-state index contributed by atoms with van der Waals surface area (Å²) in [7, 11) is 2.04. The Morgan fingerprint density at radius 3 is 2.48 bits per heavy atom. The molecule has 1 aliphatic heterocycles. The molecule has 0 spiro atoms. The molecule has 0 bridgehead atoms. The Balaban J connectivity index is 1.61. The molecule has 8 heteroatoms. The molecule has 0 aromatic carbocycles. The summed E-state index contributed by atoms with van der Waals surface area (Å²) in [5.74, 6) is 0.726. The van der Waals surface area contributed by atoms with E-state index in [-0.39, 0.29) is 0 Å². The normalized spacial score (nSPS) is 16.2. The summed E-state index contributed by atoms with van der Waals surface area (Å²) in [6.07, 6.45) is 5.39. The molecule has 21 heavy (non-hydrogen) atoms. The van der Waals surface area contributed by atoms with Crippen molar-refractivity contribution in [1.29, 1.82) is 0 Å². The van der Waals surface area contributed by atoms with Gasteiger partial charge in [-0.25, -0.2) is 9.97 Å². The number of aryl methyl sites for hydroxylation is 1. The predicted octanol–water partition coefficient (Wildman–Crippen LogP) is 2.40. The van der Waals surface area contributed by atoms with Crippen LogP contribution < -0.4 is 9.80 Å². The molecule has 3 heterocycles. The summed E-state index contributed by atoms with van der Waals surface area (Å²) in [5.41, 5.74) is 0. The highest BCUT2D eigenvalue weighted by atomic mass is 35.5. The lowest BCUT2D eigenvalue weighted by Gasteiger charge is -2.36. The molecule has 0 atom stereocenters. The van der Waals surface area contributed by atoms with Crippen molar-refractivity contribution in [3.63, 3.8) is 0 Å². The van der Waals surface area contributed by atoms with E-state index in [2.05, 4.69) is 30.0 Å². The van der Waals surface area contributed by atoms with Crippen molar-refractivity contribution in [2.75, 3.05) is 29.9 Å². The van der Waals surface area contributed by atoms with Crippen LogP contribution in [0.2, 0.25) is 5.02 Å². The van der Waals surface area contributed by atoms with E-state index in [0.717, 1.165) is 42.0 Å². The lowest BCUT2D eigenvalue weighted by Crippen LogP contribution is -2.44. The maximum atomic E-state index is 5.83. The molecule has 0 amide bonds. The van der Waals surface area contributed by atoms with Crippen molar-refractivity contribution < 1.29 is 0 Å². The summed E-state index contributed by atoms with van der Waals surface area (Å²) in [6.45, 7) is 3.95. The van der Waals surface area contributed by atoms with Crippen LogP contribution in [0.4, 0.5) is 11.1 Å². The van der Waals surface area contributed by atoms with Crippen LogP contribution in [0.3, 0.4) is 0 Å². The Morgan fingerprint density at radius 1 is 1.24 bits per heavy atom. The second-order valence-electron chi connectivity index (χ2n) is 5.13. The van der Waals surface area contributed by atoms with Gasteiger partial charge in [-0.2, -0.15) is 0 Å². The third-order valence-corrected chi connectivity index (χ3v) is 4.81. The standard InChI is InChI=1S/C13H17ClN6S/c1-9-17-18-13(21-9)20-5-3-11(4-6-20)19(2)12-15-7-10(14)8-16-12/h7-8,11H,3-6H2,1-2H3. The SMILES string of the molecule is Cc1nnc(N2CCC(N(C)c3ncc(Cl)cn3)CC2)s1. The van der Waals surface area contributed by atoms with Crippen molar-refractivity contribution >= 4 is 34.0 Å². The van der Waals surface area contributed by atoms with Crippen LogP contribution in [-0.4, -0.2) is 46.3 Å². The van der Waals surface area contributed by atoms with E-state index in [4.69, 9.17) is 11.6 Å². The first kappa shape index (κ1) is 14.5. The van der Waals surface area contributed by atoms with E-state index in [1.807, 2.05) is 14.0 Å². The van der Waals surface area contributed by atoms with Gasteiger partial charge < -0.3 is 9.80 Å². The minimum absolute atomic E-state index is 0.441. The highest BCUT2D eigenvalue weighted by Gasteiger charge is 2.25. The molecule has 1 fully saturated rings. The monoisotopic (exact) mass is 324 g/mol. The maximum absolute atomic E-state index is 5.83. The van der Waals surface area contributed by atoms with Crippen LogP contribution in [-0.2, 0) is 0 Å². The van der Waals surface area contributed by atoms with Gasteiger partial charge in [-0.15, -0.1) is 10.2 Å². The molecule has 112 valence electrons. The third kappa shape index (κ3) is 3.24. The molecule has 0 N–H and O–H groups in total. The van der Waals surface area contributed by atoms with Gasteiger partial charge >= 0.3 is 0 Å². The smallest absolute Gasteiger partial charge is 0.225 e. The number of halogens is 1. The highest BCUT2D eigenvalue weighted by molar-refractivity contribution is 7.15. The fourth-order valence-corrected chi connectivity index (χ4v) is 3.35. The van der Waals surface area contributed by atoms with Gasteiger partial charge in [0, 0.05) is 26.2 Å². The Morgan fingerprint density at radius 2 is 1.90 bits per heavy atom. The molecular weight excluding hydrogens is 308 g/mol. The second kappa shape index (κ2) is 6.11. The quantitative estimate of drug-likeness (QED) is 0.864. The van der Waals surface area contributed by atoms with Gasteiger partial charge in [-0.05, 0) is 19.8 Å². The van der Waals surface area contributed by atoms with Crippen LogP contribution in [0.15, 0.2) is 12.4 Å². The summed E-state index contributed by atoms with van der Waals surface area (Å²) < 4.78 is 0. The Labute approximate surface area is 132 Å². The van der Waals surface area contributed by atoms with Gasteiger partial charge in [-0.1, -0.05) is 22.9 Å². The molecule has 0 radical (unpaired) electrons. The van der Waals surface area contributed by atoms with E-state index in [9.17, 15) is 0 Å². The van der Waals surface area contributed by atoms with Crippen LogP contribution in [0.1, 0.15) is 17.8 Å². The predicted molar refractivity (Wildman–Crippen MR) is 85.3 cm³/mol. The van der Waals surface area contributed by atoms with Crippen LogP contribution >= 0.6 is 22.9 Å². The van der Waals surface area contributed by atoms with Gasteiger partial charge in [0.15, 0.2) is 0 Å². The molecule has 1 aliphatic rings. The number of nitrogens with zero attached hydrogens (tertiary/aromatic N) is 6. The number of rotatable bonds is 3. The molecule has 2 aromatic rings. The largest absolute Gasteiger partial charge is 0.347 e. The fourth-order valence-electron chi connectivity index (χ4n) is 2.51. The minimum Gasteiger partial charge on any atom is -0.347 e. The first-order valence-corrected chi connectivity index (χ1v) is 8.08. The number of piperidine rings is 1. The molecule has 6 nitrogen and oxygen atoms in total. The van der Waals surface area contributed by atoms with E-state index in [1.165, 1.54) is 0 Å². The van der Waals surface area contributed by atoms with Gasteiger partial charge in [-0.3, -0.25) is 0 Å². The zero-order chi connectivity index (χ0) is 14.8. The van der Waals surface area contributed by atoms with E-state index in [0.29, 0.717) is 11.1 Å². The fraction of sp³-hybridized carbons (Fsp3) is 0.538. The lowest BCUT2D eigenvalue weighted by molar-refractivity contribution is 0.476. The van der Waals surface area contributed by atoms with Crippen molar-refractivity contribution in [3.8, 4) is 0 Å². The Hall–Kier alpha value is -1.47. The second-order valence-corrected chi connectivity index (χ2v) is 6.73. The van der Waals surface area contributed by atoms with Crippen LogP contribution in [0, 0.1) is 6.92 Å². The Bertz CT molecular complexity index is 593. The third-order valence-electron chi connectivity index (χ3n) is 3.72. The highest BCUT2D eigenvalue weighted by Crippen LogP contribution is 2.26. The van der Waals surface area contributed by atoms with E-state index < -0.39 is 0 Å².